The highest BCUT2D eigenvalue weighted by atomic mass is 127. The Kier molecular flexibility index (Phi) is 2.98. The average molecular weight is 295 g/mol. The molecule has 0 atom stereocenters. The number of rotatable bonds is 1. The number of anilines is 1. The van der Waals surface area contributed by atoms with Crippen LogP contribution in [0.25, 0.3) is 0 Å². The molecule has 6 heteroatoms. The summed E-state index contributed by atoms with van der Waals surface area (Å²) in [7, 11) is 0. The molecule has 0 radical (unpaired) electrons. The third-order valence-electron chi connectivity index (χ3n) is 1.45. The fourth-order valence-electron chi connectivity index (χ4n) is 0.813. The maximum atomic E-state index is 12.4. The van der Waals surface area contributed by atoms with Crippen LogP contribution in [-0.4, -0.2) is 4.98 Å². The van der Waals surface area contributed by atoms with E-state index in [1.54, 1.807) is 28.7 Å². The number of halogens is 3. The van der Waals surface area contributed by atoms with Gasteiger partial charge in [-0.05, 0) is 22.6 Å². The first-order chi connectivity index (χ1) is 6.07. The van der Waals surface area contributed by atoms with E-state index in [-0.39, 0.29) is 20.5 Å². The summed E-state index contributed by atoms with van der Waals surface area (Å²) in [5.74, 6) is 0. The quantitative estimate of drug-likeness (QED) is 0.637. The van der Waals surface area contributed by atoms with Gasteiger partial charge in [0.25, 0.3) is 6.43 Å². The van der Waals surface area contributed by atoms with Gasteiger partial charge in [0, 0.05) is 6.20 Å². The second-order valence-electron chi connectivity index (χ2n) is 2.20. The van der Waals surface area contributed by atoms with Crippen molar-refractivity contribution in [3.05, 3.63) is 21.0 Å². The van der Waals surface area contributed by atoms with Crippen LogP contribution in [0.15, 0.2) is 6.20 Å². The van der Waals surface area contributed by atoms with Crippen molar-refractivity contribution in [1.82, 2.24) is 4.98 Å². The molecule has 0 saturated carbocycles. The molecule has 0 bridgehead atoms. The second-order valence-corrected chi connectivity index (χ2v) is 3.22. The number of nitrogen functional groups attached to an aromatic ring is 1. The number of pyridine rings is 1. The number of nitrogens with two attached hydrogens (primary N) is 1. The molecular formula is C7H4F2IN3. The first-order valence-corrected chi connectivity index (χ1v) is 4.28. The Morgan fingerprint density at radius 2 is 2.23 bits per heavy atom. The smallest absolute Gasteiger partial charge is 0.268 e. The summed E-state index contributed by atoms with van der Waals surface area (Å²) < 4.78 is 24.9. The van der Waals surface area contributed by atoms with Gasteiger partial charge in [0.1, 0.15) is 9.77 Å². The standard InChI is InChI=1S/C7H4F2IN3/c8-6(9)4-5(12)3(1-11)2-13-7(4)10/h2,6H,(H2,12,13). The summed E-state index contributed by atoms with van der Waals surface area (Å²) in [4.78, 5) is 3.64. The lowest BCUT2D eigenvalue weighted by Gasteiger charge is -2.06. The molecule has 1 aromatic rings. The highest BCUT2D eigenvalue weighted by molar-refractivity contribution is 14.1. The van der Waals surface area contributed by atoms with E-state index in [0.717, 1.165) is 0 Å². The lowest BCUT2D eigenvalue weighted by Crippen LogP contribution is -2.03. The first-order valence-electron chi connectivity index (χ1n) is 3.20. The minimum Gasteiger partial charge on any atom is -0.397 e. The lowest BCUT2D eigenvalue weighted by molar-refractivity contribution is 0.150. The SMILES string of the molecule is N#Cc1cnc(I)c(C(F)F)c1N. The van der Waals surface area contributed by atoms with Crippen molar-refractivity contribution in [2.45, 2.75) is 6.43 Å². The highest BCUT2D eigenvalue weighted by Gasteiger charge is 2.18. The molecule has 0 amide bonds. The lowest BCUT2D eigenvalue weighted by atomic mass is 10.2. The van der Waals surface area contributed by atoms with Gasteiger partial charge in [-0.1, -0.05) is 0 Å². The maximum absolute atomic E-state index is 12.4. The van der Waals surface area contributed by atoms with Gasteiger partial charge in [0.05, 0.1) is 16.8 Å². The number of nitrogens with zero attached hydrogens (tertiary/aromatic N) is 2. The van der Waals surface area contributed by atoms with Crippen molar-refractivity contribution in [2.75, 3.05) is 5.73 Å². The number of hydrogen-bond acceptors (Lipinski definition) is 3. The van der Waals surface area contributed by atoms with Gasteiger partial charge in [0.2, 0.25) is 0 Å². The number of aromatic nitrogens is 1. The Morgan fingerprint density at radius 3 is 2.69 bits per heavy atom. The molecule has 1 heterocycles. The third-order valence-corrected chi connectivity index (χ3v) is 2.31. The van der Waals surface area contributed by atoms with Crippen LogP contribution >= 0.6 is 22.6 Å². The van der Waals surface area contributed by atoms with Gasteiger partial charge in [-0.3, -0.25) is 0 Å². The summed E-state index contributed by atoms with van der Waals surface area (Å²) >= 11 is 1.65. The summed E-state index contributed by atoms with van der Waals surface area (Å²) in [6.45, 7) is 0. The molecule has 2 N–H and O–H groups in total. The summed E-state index contributed by atoms with van der Waals surface area (Å²) in [6.07, 6.45) is -1.52. The molecular weight excluding hydrogens is 291 g/mol. The molecule has 0 aliphatic carbocycles. The van der Waals surface area contributed by atoms with Crippen LogP contribution in [0.4, 0.5) is 14.5 Å². The normalized spacial score (nSPS) is 10.1. The molecule has 0 spiro atoms. The van der Waals surface area contributed by atoms with Crippen LogP contribution in [0, 0.1) is 15.0 Å². The first kappa shape index (κ1) is 10.1. The minimum absolute atomic E-state index is 0.0179. The van der Waals surface area contributed by atoms with Crippen molar-refractivity contribution in [3.63, 3.8) is 0 Å². The van der Waals surface area contributed by atoms with Crippen molar-refractivity contribution in [1.29, 1.82) is 5.26 Å². The Labute approximate surface area is 86.7 Å². The number of alkyl halides is 2. The number of hydrogen-bond donors (Lipinski definition) is 1. The second kappa shape index (κ2) is 3.83. The zero-order chi connectivity index (χ0) is 10.0. The zero-order valence-electron chi connectivity index (χ0n) is 6.26. The van der Waals surface area contributed by atoms with E-state index < -0.39 is 6.43 Å². The van der Waals surface area contributed by atoms with E-state index in [1.165, 1.54) is 6.20 Å². The fourth-order valence-corrected chi connectivity index (χ4v) is 1.48. The van der Waals surface area contributed by atoms with Gasteiger partial charge < -0.3 is 5.73 Å². The van der Waals surface area contributed by atoms with Gasteiger partial charge in [-0.25, -0.2) is 13.8 Å². The van der Waals surface area contributed by atoms with Gasteiger partial charge in [0.15, 0.2) is 0 Å². The van der Waals surface area contributed by atoms with Gasteiger partial charge in [-0.2, -0.15) is 5.26 Å². The number of nitriles is 1. The van der Waals surface area contributed by atoms with Crippen molar-refractivity contribution >= 4 is 28.3 Å². The molecule has 0 aromatic carbocycles. The maximum Gasteiger partial charge on any atom is 0.268 e. The Bertz CT molecular complexity index is 373. The minimum atomic E-state index is -2.70. The van der Waals surface area contributed by atoms with E-state index in [4.69, 9.17) is 11.0 Å². The summed E-state index contributed by atoms with van der Waals surface area (Å²) in [5.41, 5.74) is 4.79. The van der Waals surface area contributed by atoms with Gasteiger partial charge >= 0.3 is 0 Å². The molecule has 0 unspecified atom stereocenters. The summed E-state index contributed by atoms with van der Waals surface area (Å²) in [6, 6.07) is 1.69. The average Bonchev–Trinajstić information content (AvgIpc) is 2.04. The van der Waals surface area contributed by atoms with Crippen molar-refractivity contribution in [3.8, 4) is 6.07 Å². The predicted octanol–water partition coefficient (Wildman–Crippen LogP) is 2.08. The van der Waals surface area contributed by atoms with Crippen LogP contribution < -0.4 is 5.73 Å². The molecule has 0 aliphatic heterocycles. The molecule has 0 saturated heterocycles. The molecule has 13 heavy (non-hydrogen) atoms. The van der Waals surface area contributed by atoms with Crippen molar-refractivity contribution < 1.29 is 8.78 Å². The zero-order valence-corrected chi connectivity index (χ0v) is 8.42. The topological polar surface area (TPSA) is 62.7 Å². The predicted molar refractivity (Wildman–Crippen MR) is 51.0 cm³/mol. The molecule has 0 fully saturated rings. The monoisotopic (exact) mass is 295 g/mol. The van der Waals surface area contributed by atoms with E-state index in [0.29, 0.717) is 0 Å². The van der Waals surface area contributed by atoms with Crippen LogP contribution in [-0.2, 0) is 0 Å². The Hall–Kier alpha value is -0.970. The Balaban J connectivity index is 3.41. The fraction of sp³-hybridized carbons (Fsp3) is 0.143. The summed E-state index contributed by atoms with van der Waals surface area (Å²) in [5, 5.41) is 8.50. The van der Waals surface area contributed by atoms with Crippen LogP contribution in [0.5, 0.6) is 0 Å². The van der Waals surface area contributed by atoms with Gasteiger partial charge in [-0.15, -0.1) is 0 Å². The molecule has 1 rings (SSSR count). The van der Waals surface area contributed by atoms with Crippen LogP contribution in [0.2, 0.25) is 0 Å². The molecule has 3 nitrogen and oxygen atoms in total. The van der Waals surface area contributed by atoms with E-state index in [9.17, 15) is 8.78 Å². The van der Waals surface area contributed by atoms with E-state index >= 15 is 0 Å². The third kappa shape index (κ3) is 1.85. The molecule has 68 valence electrons. The van der Waals surface area contributed by atoms with E-state index in [1.807, 2.05) is 0 Å². The van der Waals surface area contributed by atoms with E-state index in [2.05, 4.69) is 4.98 Å². The molecule has 1 aromatic heterocycles. The highest BCUT2D eigenvalue weighted by Crippen LogP contribution is 2.30. The molecule has 0 aliphatic rings. The largest absolute Gasteiger partial charge is 0.397 e. The van der Waals surface area contributed by atoms with Crippen LogP contribution in [0.1, 0.15) is 17.6 Å². The Morgan fingerprint density at radius 1 is 1.62 bits per heavy atom. The van der Waals surface area contributed by atoms with Crippen molar-refractivity contribution in [2.24, 2.45) is 0 Å². The van der Waals surface area contributed by atoms with Crippen LogP contribution in [0.3, 0.4) is 0 Å².